The molecule has 1 heterocycles. The van der Waals surface area contributed by atoms with Gasteiger partial charge in [-0.25, -0.2) is 9.78 Å². The van der Waals surface area contributed by atoms with Crippen molar-refractivity contribution in [2.24, 2.45) is 5.92 Å². The fourth-order valence-corrected chi connectivity index (χ4v) is 2.69. The Balaban J connectivity index is 2.54. The average molecular weight is 274 g/mol. The molecular formula is C11H18N2O2S2. The minimum Gasteiger partial charge on any atom is -0.461 e. The van der Waals surface area contributed by atoms with E-state index in [-0.39, 0.29) is 5.97 Å². The highest BCUT2D eigenvalue weighted by atomic mass is 32.2. The first-order valence-corrected chi connectivity index (χ1v) is 7.79. The summed E-state index contributed by atoms with van der Waals surface area (Å²) in [4.78, 5) is 15.6. The molecule has 0 saturated heterocycles. The van der Waals surface area contributed by atoms with E-state index >= 15 is 0 Å². The monoisotopic (exact) mass is 274 g/mol. The Bertz CT molecular complexity index is 355. The molecule has 0 spiro atoms. The molecule has 0 radical (unpaired) electrons. The molecule has 1 unspecified atom stereocenters. The Morgan fingerprint density at radius 2 is 2.47 bits per heavy atom. The molecule has 0 amide bonds. The van der Waals surface area contributed by atoms with Crippen LogP contribution in [0.4, 0.5) is 5.00 Å². The van der Waals surface area contributed by atoms with Gasteiger partial charge in [0.15, 0.2) is 5.69 Å². The third-order valence-corrected chi connectivity index (χ3v) is 3.79. The van der Waals surface area contributed by atoms with Crippen LogP contribution in [0.1, 0.15) is 24.3 Å². The molecule has 1 atom stereocenters. The average Bonchev–Trinajstić information content (AvgIpc) is 2.75. The van der Waals surface area contributed by atoms with Gasteiger partial charge in [0, 0.05) is 6.54 Å². The van der Waals surface area contributed by atoms with Crippen LogP contribution in [0, 0.1) is 5.92 Å². The van der Waals surface area contributed by atoms with Crippen LogP contribution in [0.3, 0.4) is 0 Å². The second-order valence-corrected chi connectivity index (χ2v) is 5.46. The second-order valence-electron chi connectivity index (χ2n) is 3.69. The van der Waals surface area contributed by atoms with Crippen molar-refractivity contribution >= 4 is 34.1 Å². The van der Waals surface area contributed by atoms with Crippen molar-refractivity contribution in [1.82, 2.24) is 4.98 Å². The first-order valence-electron chi connectivity index (χ1n) is 5.52. The van der Waals surface area contributed by atoms with Gasteiger partial charge in [0.05, 0.1) is 12.1 Å². The van der Waals surface area contributed by atoms with E-state index in [1.807, 2.05) is 11.8 Å². The zero-order valence-electron chi connectivity index (χ0n) is 10.4. The molecule has 0 bridgehead atoms. The molecule has 1 aromatic heterocycles. The third-order valence-electron chi connectivity index (χ3n) is 2.10. The quantitative estimate of drug-likeness (QED) is 0.775. The van der Waals surface area contributed by atoms with E-state index in [9.17, 15) is 4.79 Å². The largest absolute Gasteiger partial charge is 0.461 e. The van der Waals surface area contributed by atoms with Crippen LogP contribution in [0.15, 0.2) is 5.51 Å². The standard InChI is InChI=1S/C11H18N2O2S2/c1-4-15-11(14)9-10(17-7-13-9)12-5-8(2)6-16-3/h7-8,12H,4-6H2,1-3H3. The van der Waals surface area contributed by atoms with Crippen LogP contribution < -0.4 is 5.32 Å². The van der Waals surface area contributed by atoms with E-state index in [1.165, 1.54) is 11.3 Å². The minimum atomic E-state index is -0.353. The molecule has 96 valence electrons. The molecule has 1 N–H and O–H groups in total. The molecule has 0 aliphatic rings. The van der Waals surface area contributed by atoms with E-state index in [0.29, 0.717) is 18.2 Å². The molecule has 0 aliphatic heterocycles. The van der Waals surface area contributed by atoms with Gasteiger partial charge < -0.3 is 10.1 Å². The van der Waals surface area contributed by atoms with Crippen molar-refractivity contribution < 1.29 is 9.53 Å². The van der Waals surface area contributed by atoms with Crippen molar-refractivity contribution in [3.63, 3.8) is 0 Å². The number of anilines is 1. The highest BCUT2D eigenvalue weighted by Crippen LogP contribution is 2.21. The van der Waals surface area contributed by atoms with Gasteiger partial charge in [0.1, 0.15) is 5.00 Å². The van der Waals surface area contributed by atoms with Crippen molar-refractivity contribution in [1.29, 1.82) is 0 Å². The molecule has 1 rings (SSSR count). The summed E-state index contributed by atoms with van der Waals surface area (Å²) in [6, 6.07) is 0. The summed E-state index contributed by atoms with van der Waals surface area (Å²) in [5.74, 6) is 1.30. The van der Waals surface area contributed by atoms with Gasteiger partial charge in [0.25, 0.3) is 0 Å². The van der Waals surface area contributed by atoms with E-state index in [0.717, 1.165) is 17.3 Å². The van der Waals surface area contributed by atoms with Crippen LogP contribution in [0.2, 0.25) is 0 Å². The predicted octanol–water partition coefficient (Wildman–Crippen LogP) is 2.73. The number of nitrogens with one attached hydrogen (secondary N) is 1. The number of carbonyl (C=O) groups is 1. The first-order chi connectivity index (χ1) is 8.19. The molecule has 1 aromatic rings. The molecule has 6 heteroatoms. The summed E-state index contributed by atoms with van der Waals surface area (Å²) in [6.07, 6.45) is 2.09. The number of nitrogens with zero attached hydrogens (tertiary/aromatic N) is 1. The zero-order valence-corrected chi connectivity index (χ0v) is 12.0. The fourth-order valence-electron chi connectivity index (χ4n) is 1.33. The lowest BCUT2D eigenvalue weighted by atomic mass is 10.2. The van der Waals surface area contributed by atoms with Crippen LogP contribution in [0.25, 0.3) is 0 Å². The summed E-state index contributed by atoms with van der Waals surface area (Å²) in [6.45, 7) is 5.18. The number of aromatic nitrogens is 1. The lowest BCUT2D eigenvalue weighted by Gasteiger charge is -2.11. The van der Waals surface area contributed by atoms with Gasteiger partial charge in [-0.2, -0.15) is 11.8 Å². The summed E-state index contributed by atoms with van der Waals surface area (Å²) >= 11 is 3.26. The predicted molar refractivity (Wildman–Crippen MR) is 74.1 cm³/mol. The number of hydrogen-bond donors (Lipinski definition) is 1. The van der Waals surface area contributed by atoms with Crippen LogP contribution in [-0.2, 0) is 4.74 Å². The third kappa shape index (κ3) is 4.55. The molecule has 17 heavy (non-hydrogen) atoms. The maximum absolute atomic E-state index is 11.6. The number of thiazole rings is 1. The lowest BCUT2D eigenvalue weighted by molar-refractivity contribution is 0.0521. The first kappa shape index (κ1) is 14.3. The van der Waals surface area contributed by atoms with Gasteiger partial charge in [-0.05, 0) is 24.9 Å². The molecule has 4 nitrogen and oxygen atoms in total. The smallest absolute Gasteiger partial charge is 0.360 e. The van der Waals surface area contributed by atoms with Gasteiger partial charge >= 0.3 is 5.97 Å². The van der Waals surface area contributed by atoms with E-state index in [1.54, 1.807) is 12.4 Å². The SMILES string of the molecule is CCOC(=O)c1ncsc1NCC(C)CSC. The second kappa shape index (κ2) is 7.55. The highest BCUT2D eigenvalue weighted by Gasteiger charge is 2.16. The maximum Gasteiger partial charge on any atom is 0.360 e. The van der Waals surface area contributed by atoms with Crippen LogP contribution in [-0.4, -0.2) is 36.1 Å². The number of hydrogen-bond acceptors (Lipinski definition) is 6. The summed E-state index contributed by atoms with van der Waals surface area (Å²) in [5, 5.41) is 4.06. The van der Waals surface area contributed by atoms with Gasteiger partial charge in [-0.1, -0.05) is 6.92 Å². The highest BCUT2D eigenvalue weighted by molar-refractivity contribution is 7.98. The van der Waals surface area contributed by atoms with Crippen LogP contribution in [0.5, 0.6) is 0 Å². The van der Waals surface area contributed by atoms with Gasteiger partial charge in [0.2, 0.25) is 0 Å². The molecule has 0 saturated carbocycles. The summed E-state index contributed by atoms with van der Waals surface area (Å²) in [5.41, 5.74) is 2.06. The number of rotatable bonds is 7. The number of esters is 1. The summed E-state index contributed by atoms with van der Waals surface area (Å²) < 4.78 is 4.94. The molecular weight excluding hydrogens is 256 g/mol. The van der Waals surface area contributed by atoms with E-state index < -0.39 is 0 Å². The van der Waals surface area contributed by atoms with Crippen molar-refractivity contribution in [3.8, 4) is 0 Å². The molecule has 0 aliphatic carbocycles. The molecule has 0 fully saturated rings. The van der Waals surface area contributed by atoms with E-state index in [2.05, 4.69) is 23.5 Å². The van der Waals surface area contributed by atoms with Gasteiger partial charge in [-0.3, -0.25) is 0 Å². The Hall–Kier alpha value is -0.750. The Labute approximate surface area is 110 Å². The van der Waals surface area contributed by atoms with Crippen molar-refractivity contribution in [2.75, 3.05) is 30.5 Å². The number of thioether (sulfide) groups is 1. The van der Waals surface area contributed by atoms with Gasteiger partial charge in [-0.15, -0.1) is 11.3 Å². The number of ether oxygens (including phenoxy) is 1. The van der Waals surface area contributed by atoms with E-state index in [4.69, 9.17) is 4.74 Å². The Morgan fingerprint density at radius 3 is 3.12 bits per heavy atom. The Kier molecular flexibility index (Phi) is 6.36. The minimum absolute atomic E-state index is 0.353. The topological polar surface area (TPSA) is 51.2 Å². The van der Waals surface area contributed by atoms with Crippen LogP contribution >= 0.6 is 23.1 Å². The fraction of sp³-hybridized carbons (Fsp3) is 0.636. The maximum atomic E-state index is 11.6. The zero-order chi connectivity index (χ0) is 12.7. The van der Waals surface area contributed by atoms with Crippen molar-refractivity contribution in [3.05, 3.63) is 11.2 Å². The lowest BCUT2D eigenvalue weighted by Crippen LogP contribution is -2.15. The normalized spacial score (nSPS) is 12.2. The molecule has 0 aromatic carbocycles. The summed E-state index contributed by atoms with van der Waals surface area (Å²) in [7, 11) is 0. The number of carbonyl (C=O) groups excluding carboxylic acids is 1. The van der Waals surface area contributed by atoms with Crippen molar-refractivity contribution in [2.45, 2.75) is 13.8 Å². The Morgan fingerprint density at radius 1 is 1.71 bits per heavy atom.